The van der Waals surface area contributed by atoms with Crippen molar-refractivity contribution in [1.82, 2.24) is 9.21 Å². The quantitative estimate of drug-likeness (QED) is 0.790. The van der Waals surface area contributed by atoms with Crippen molar-refractivity contribution < 1.29 is 13.2 Å². The van der Waals surface area contributed by atoms with Gasteiger partial charge in [0.15, 0.2) is 0 Å². The lowest BCUT2D eigenvalue weighted by molar-refractivity contribution is -0.117. The van der Waals surface area contributed by atoms with Crippen molar-refractivity contribution in [2.75, 3.05) is 38.0 Å². The zero-order chi connectivity index (χ0) is 19.7. The molecule has 1 aliphatic heterocycles. The van der Waals surface area contributed by atoms with Gasteiger partial charge in [0.25, 0.3) is 0 Å². The molecule has 1 heterocycles. The Morgan fingerprint density at radius 2 is 1.79 bits per heavy atom. The van der Waals surface area contributed by atoms with Gasteiger partial charge in [0, 0.05) is 38.3 Å². The maximum atomic E-state index is 12.8. The predicted molar refractivity (Wildman–Crippen MR) is 109 cm³/mol. The highest BCUT2D eigenvalue weighted by atomic mass is 32.2. The highest BCUT2D eigenvalue weighted by Crippen LogP contribution is 2.49. The number of amides is 1. The van der Waals surface area contributed by atoms with E-state index < -0.39 is 10.0 Å². The largest absolute Gasteiger partial charge is 0.326 e. The molecule has 0 aromatic heterocycles. The van der Waals surface area contributed by atoms with E-state index in [1.807, 2.05) is 0 Å². The minimum atomic E-state index is -3.47. The third-order valence-corrected chi connectivity index (χ3v) is 8.80. The molecular weight excluding hydrogens is 374 g/mol. The number of sulfonamides is 1. The summed E-state index contributed by atoms with van der Waals surface area (Å²) in [6.07, 6.45) is 5.70. The van der Waals surface area contributed by atoms with Gasteiger partial charge in [-0.1, -0.05) is 13.3 Å². The molecule has 3 atom stereocenters. The molecule has 3 aliphatic rings. The predicted octanol–water partition coefficient (Wildman–Crippen LogP) is 2.78. The first-order valence-corrected chi connectivity index (χ1v) is 12.0. The molecule has 1 amide bonds. The first kappa shape index (κ1) is 19.9. The van der Waals surface area contributed by atoms with Crippen LogP contribution in [0.5, 0.6) is 0 Å². The van der Waals surface area contributed by atoms with Crippen LogP contribution < -0.4 is 5.32 Å². The van der Waals surface area contributed by atoms with Crippen LogP contribution in [0.3, 0.4) is 0 Å². The van der Waals surface area contributed by atoms with Crippen LogP contribution in [-0.2, 0) is 14.8 Å². The van der Waals surface area contributed by atoms with Crippen LogP contribution >= 0.6 is 0 Å². The lowest BCUT2D eigenvalue weighted by Gasteiger charge is -2.33. The van der Waals surface area contributed by atoms with Gasteiger partial charge in [0.05, 0.1) is 4.90 Å². The van der Waals surface area contributed by atoms with Gasteiger partial charge < -0.3 is 10.2 Å². The first-order valence-electron chi connectivity index (χ1n) is 10.6. The Morgan fingerprint density at radius 1 is 1.07 bits per heavy atom. The second kappa shape index (κ2) is 8.13. The van der Waals surface area contributed by atoms with E-state index in [1.54, 1.807) is 28.6 Å². The Bertz CT molecular complexity index is 801. The summed E-state index contributed by atoms with van der Waals surface area (Å²) in [5, 5.41) is 2.95. The minimum absolute atomic E-state index is 0.0452. The molecule has 7 heteroatoms. The molecule has 1 saturated heterocycles. The lowest BCUT2D eigenvalue weighted by atomic mass is 9.86. The molecule has 1 aromatic carbocycles. The van der Waals surface area contributed by atoms with Crippen molar-refractivity contribution in [1.29, 1.82) is 0 Å². The number of nitrogens with one attached hydrogen (secondary N) is 1. The fraction of sp³-hybridized carbons (Fsp3) is 0.667. The summed E-state index contributed by atoms with van der Waals surface area (Å²) in [5.74, 6) is 2.15. The molecule has 2 aliphatic carbocycles. The topological polar surface area (TPSA) is 69.7 Å². The van der Waals surface area contributed by atoms with E-state index in [-0.39, 0.29) is 5.91 Å². The summed E-state index contributed by atoms with van der Waals surface area (Å²) in [7, 11) is -3.47. The number of likely N-dealkylation sites (N-methyl/N-ethyl adjacent to an activating group) is 1. The van der Waals surface area contributed by atoms with Crippen molar-refractivity contribution in [3.8, 4) is 0 Å². The smallest absolute Gasteiger partial charge is 0.243 e. The van der Waals surface area contributed by atoms with Crippen LogP contribution in [0.15, 0.2) is 29.2 Å². The van der Waals surface area contributed by atoms with Gasteiger partial charge >= 0.3 is 0 Å². The number of nitrogens with zero attached hydrogens (tertiary/aromatic N) is 2. The third kappa shape index (κ3) is 4.11. The van der Waals surface area contributed by atoms with Crippen molar-refractivity contribution >= 4 is 21.6 Å². The SMILES string of the molecule is CCN1CCN(S(=O)(=O)c2ccc(NC(=O)C[C@H]3C[C@H]4CC[C@H]3C4)cc2)CC1. The highest BCUT2D eigenvalue weighted by Gasteiger charge is 2.40. The summed E-state index contributed by atoms with van der Waals surface area (Å²) in [5.41, 5.74) is 0.669. The van der Waals surface area contributed by atoms with Crippen LogP contribution in [0.25, 0.3) is 0 Å². The Balaban J connectivity index is 1.33. The maximum absolute atomic E-state index is 12.8. The van der Waals surface area contributed by atoms with E-state index in [4.69, 9.17) is 0 Å². The number of benzene rings is 1. The zero-order valence-electron chi connectivity index (χ0n) is 16.6. The van der Waals surface area contributed by atoms with Gasteiger partial charge in [-0.3, -0.25) is 4.79 Å². The van der Waals surface area contributed by atoms with Gasteiger partial charge in [0.1, 0.15) is 0 Å². The minimum Gasteiger partial charge on any atom is -0.326 e. The zero-order valence-corrected chi connectivity index (χ0v) is 17.5. The second-order valence-electron chi connectivity index (χ2n) is 8.55. The number of hydrogen-bond acceptors (Lipinski definition) is 4. The number of piperazine rings is 1. The molecule has 1 N–H and O–H groups in total. The summed E-state index contributed by atoms with van der Waals surface area (Å²) in [6, 6.07) is 6.62. The maximum Gasteiger partial charge on any atom is 0.243 e. The van der Waals surface area contributed by atoms with Crippen molar-refractivity contribution in [3.63, 3.8) is 0 Å². The van der Waals surface area contributed by atoms with Gasteiger partial charge in [-0.05, 0) is 67.8 Å². The second-order valence-corrected chi connectivity index (χ2v) is 10.5. The Labute approximate surface area is 168 Å². The highest BCUT2D eigenvalue weighted by molar-refractivity contribution is 7.89. The van der Waals surface area contributed by atoms with Crippen LogP contribution in [0, 0.1) is 17.8 Å². The summed E-state index contributed by atoms with van der Waals surface area (Å²) in [6.45, 7) is 5.63. The van der Waals surface area contributed by atoms with Crippen molar-refractivity contribution in [2.45, 2.75) is 43.9 Å². The molecule has 1 aromatic rings. The van der Waals surface area contributed by atoms with Crippen LogP contribution in [0.1, 0.15) is 39.0 Å². The number of fused-ring (bicyclic) bond motifs is 2. The summed E-state index contributed by atoms with van der Waals surface area (Å²) >= 11 is 0. The van der Waals surface area contributed by atoms with Gasteiger partial charge in [-0.25, -0.2) is 8.42 Å². The number of carbonyl (C=O) groups is 1. The molecule has 28 heavy (non-hydrogen) atoms. The molecular formula is C21H31N3O3S. The standard InChI is InChI=1S/C21H31N3O3S/c1-2-23-9-11-24(12-10-23)28(26,27)20-7-5-19(6-8-20)22-21(25)15-18-14-16-3-4-17(18)13-16/h5-8,16-18H,2-4,9-15H2,1H3,(H,22,25)/t16-,17-,18+/m0/s1. The molecule has 6 nitrogen and oxygen atoms in total. The van der Waals surface area contributed by atoms with E-state index in [0.717, 1.165) is 31.5 Å². The number of carbonyl (C=O) groups excluding carboxylic acids is 1. The molecule has 0 spiro atoms. The van der Waals surface area contributed by atoms with Crippen molar-refractivity contribution in [2.24, 2.45) is 17.8 Å². The third-order valence-electron chi connectivity index (χ3n) is 6.89. The fourth-order valence-corrected chi connectivity index (χ4v) is 6.64. The summed E-state index contributed by atoms with van der Waals surface area (Å²) in [4.78, 5) is 14.9. The average Bonchev–Trinajstić information content (AvgIpc) is 3.31. The molecule has 2 saturated carbocycles. The first-order chi connectivity index (χ1) is 13.5. The Hall–Kier alpha value is -1.44. The average molecular weight is 406 g/mol. The number of hydrogen-bond donors (Lipinski definition) is 1. The molecule has 3 fully saturated rings. The van der Waals surface area contributed by atoms with Gasteiger partial charge in [0.2, 0.25) is 15.9 Å². The molecule has 2 bridgehead atoms. The molecule has 4 rings (SSSR count). The van der Waals surface area contributed by atoms with E-state index in [0.29, 0.717) is 36.0 Å². The Kier molecular flexibility index (Phi) is 5.76. The van der Waals surface area contributed by atoms with E-state index in [1.165, 1.54) is 25.7 Å². The van der Waals surface area contributed by atoms with E-state index >= 15 is 0 Å². The van der Waals surface area contributed by atoms with E-state index in [9.17, 15) is 13.2 Å². The normalized spacial score (nSPS) is 28.5. The number of anilines is 1. The van der Waals surface area contributed by atoms with Crippen LogP contribution in [0.4, 0.5) is 5.69 Å². The van der Waals surface area contributed by atoms with Crippen LogP contribution in [-0.4, -0.2) is 56.3 Å². The lowest BCUT2D eigenvalue weighted by Crippen LogP contribution is -2.48. The molecule has 0 radical (unpaired) electrons. The van der Waals surface area contributed by atoms with Gasteiger partial charge in [-0.15, -0.1) is 0 Å². The van der Waals surface area contributed by atoms with Crippen molar-refractivity contribution in [3.05, 3.63) is 24.3 Å². The number of rotatable bonds is 6. The monoisotopic (exact) mass is 405 g/mol. The Morgan fingerprint density at radius 3 is 2.36 bits per heavy atom. The van der Waals surface area contributed by atoms with Gasteiger partial charge in [-0.2, -0.15) is 4.31 Å². The molecule has 0 unspecified atom stereocenters. The molecule has 154 valence electrons. The van der Waals surface area contributed by atoms with E-state index in [2.05, 4.69) is 17.1 Å². The van der Waals surface area contributed by atoms with Crippen LogP contribution in [0.2, 0.25) is 0 Å². The fourth-order valence-electron chi connectivity index (χ4n) is 5.22. The summed E-state index contributed by atoms with van der Waals surface area (Å²) < 4.78 is 27.2.